The van der Waals surface area contributed by atoms with Gasteiger partial charge in [0.1, 0.15) is 71.3 Å². The largest absolute Gasteiger partial charge is 0.508 e. The lowest BCUT2D eigenvalue weighted by Crippen LogP contribution is -2.60. The minimum Gasteiger partial charge on any atom is -0.508 e. The van der Waals surface area contributed by atoms with Crippen LogP contribution < -0.4 is 14.9 Å². The molecule has 2 aliphatic heterocycles. The van der Waals surface area contributed by atoms with E-state index in [1.165, 1.54) is 0 Å². The predicted octanol–water partition coefficient (Wildman–Crippen LogP) is -3.36. The maximum absolute atomic E-state index is 13.6. The van der Waals surface area contributed by atoms with E-state index >= 15 is 0 Å². The lowest BCUT2D eigenvalue weighted by atomic mass is 9.99. The maximum Gasteiger partial charge on any atom is 0.239 e. The normalized spacial score (nSPS) is 32.0. The Morgan fingerprint density at radius 2 is 1.11 bits per heavy atom. The van der Waals surface area contributed by atoms with E-state index in [-0.39, 0.29) is 5.56 Å². The molecule has 5 rings (SSSR count). The summed E-state index contributed by atoms with van der Waals surface area (Å²) in [4.78, 5) is 13.6. The van der Waals surface area contributed by atoms with Crippen molar-refractivity contribution in [1.29, 1.82) is 0 Å². The minimum atomic E-state index is -1.99. The molecule has 1 aromatic heterocycles. The molecule has 10 atom stereocenters. The molecule has 3 heterocycles. The van der Waals surface area contributed by atoms with Crippen molar-refractivity contribution in [1.82, 2.24) is 0 Å². The highest BCUT2D eigenvalue weighted by Gasteiger charge is 2.46. The number of aliphatic hydroxyl groups excluding tert-OH is 8. The second kappa shape index (κ2) is 12.4. The van der Waals surface area contributed by atoms with Gasteiger partial charge in [0.2, 0.25) is 29.5 Å². The number of rotatable bonds is 7. The monoisotopic (exact) mass is 642 g/mol. The summed E-state index contributed by atoms with van der Waals surface area (Å²) in [7, 11) is 0. The van der Waals surface area contributed by atoms with Crippen molar-refractivity contribution in [2.75, 3.05) is 13.2 Å². The Bertz CT molecular complexity index is 1580. The topological polar surface area (TPSA) is 310 Å². The smallest absolute Gasteiger partial charge is 0.239 e. The van der Waals surface area contributed by atoms with Gasteiger partial charge in [0.25, 0.3) is 0 Å². The summed E-state index contributed by atoms with van der Waals surface area (Å²) >= 11 is 0. The van der Waals surface area contributed by atoms with Crippen molar-refractivity contribution >= 4 is 11.0 Å². The Hall–Kier alpha value is -3.95. The van der Waals surface area contributed by atoms with E-state index in [0.717, 1.165) is 24.3 Å². The molecular formula is C27H30O18. The highest BCUT2D eigenvalue weighted by Crippen LogP contribution is 2.44. The molecule has 3 aromatic rings. The Labute approximate surface area is 250 Å². The van der Waals surface area contributed by atoms with Gasteiger partial charge in [-0.2, -0.15) is 0 Å². The molecule has 0 aliphatic carbocycles. The van der Waals surface area contributed by atoms with E-state index < -0.39 is 131 Å². The van der Waals surface area contributed by atoms with Crippen molar-refractivity contribution < 1.29 is 84.6 Å². The molecule has 45 heavy (non-hydrogen) atoms. The van der Waals surface area contributed by atoms with Crippen LogP contribution in [-0.4, -0.2) is 136 Å². The van der Waals surface area contributed by atoms with E-state index in [2.05, 4.69) is 0 Å². The first-order valence-corrected chi connectivity index (χ1v) is 13.3. The molecule has 18 heteroatoms. The molecule has 0 radical (unpaired) electrons. The highest BCUT2D eigenvalue weighted by molar-refractivity contribution is 5.88. The molecule has 0 bridgehead atoms. The van der Waals surface area contributed by atoms with Gasteiger partial charge in [-0.05, 0) is 12.1 Å². The third kappa shape index (κ3) is 5.79. The van der Waals surface area contributed by atoms with Gasteiger partial charge >= 0.3 is 0 Å². The van der Waals surface area contributed by atoms with Crippen LogP contribution in [0.5, 0.6) is 34.5 Å². The zero-order valence-corrected chi connectivity index (χ0v) is 22.8. The molecule has 0 spiro atoms. The molecular weight excluding hydrogens is 612 g/mol. The standard InChI is InChI=1S/C27H30O18/c28-5-13-16(34)19(37)21(39)26(42-13)44-24-10(32)1-7(2-11(24)33)23-25(18(36)15-9(31)3-8(30)4-12(15)41-23)45-27-22(40)20(38)17(35)14(6-29)43-27/h1-4,13-14,16-17,19-22,26-35,37-40H,5-6H2/t13-,14+,16+,17+,19+,20-,21-,22+,26-,27-/m0/s1. The van der Waals surface area contributed by atoms with Crippen molar-refractivity contribution in [2.24, 2.45) is 0 Å². The number of fused-ring (bicyclic) bond motifs is 1. The second-order valence-corrected chi connectivity index (χ2v) is 10.4. The predicted molar refractivity (Wildman–Crippen MR) is 143 cm³/mol. The van der Waals surface area contributed by atoms with Gasteiger partial charge in [-0.1, -0.05) is 0 Å². The second-order valence-electron chi connectivity index (χ2n) is 10.4. The van der Waals surface area contributed by atoms with Gasteiger partial charge < -0.3 is 84.6 Å². The Morgan fingerprint density at radius 1 is 0.622 bits per heavy atom. The third-order valence-corrected chi connectivity index (χ3v) is 7.39. The van der Waals surface area contributed by atoms with Crippen LogP contribution in [0.2, 0.25) is 0 Å². The van der Waals surface area contributed by atoms with Crippen LogP contribution in [0.1, 0.15) is 0 Å². The molecule has 12 N–H and O–H groups in total. The minimum absolute atomic E-state index is 0.326. The van der Waals surface area contributed by atoms with Crippen molar-refractivity contribution in [2.45, 2.75) is 61.4 Å². The Kier molecular flexibility index (Phi) is 8.97. The molecule has 0 amide bonds. The van der Waals surface area contributed by atoms with Crippen LogP contribution in [0.3, 0.4) is 0 Å². The number of aliphatic hydroxyl groups is 8. The van der Waals surface area contributed by atoms with Gasteiger partial charge in [-0.15, -0.1) is 0 Å². The molecule has 246 valence electrons. The van der Waals surface area contributed by atoms with Crippen molar-refractivity contribution in [3.8, 4) is 45.8 Å². The first kappa shape index (κ1) is 32.4. The van der Waals surface area contributed by atoms with Gasteiger partial charge in [-0.25, -0.2) is 0 Å². The average molecular weight is 643 g/mol. The number of aromatic hydroxyl groups is 4. The number of phenols is 4. The highest BCUT2D eigenvalue weighted by atomic mass is 16.7. The number of ether oxygens (including phenoxy) is 4. The van der Waals surface area contributed by atoms with Crippen LogP contribution in [0.15, 0.2) is 33.5 Å². The summed E-state index contributed by atoms with van der Waals surface area (Å²) in [6, 6.07) is 3.51. The number of hydrogen-bond donors (Lipinski definition) is 12. The average Bonchev–Trinajstić information content (AvgIpc) is 2.99. The van der Waals surface area contributed by atoms with Crippen LogP contribution in [-0.2, 0) is 9.47 Å². The van der Waals surface area contributed by atoms with Crippen molar-refractivity contribution in [3.63, 3.8) is 0 Å². The van der Waals surface area contributed by atoms with E-state index in [0.29, 0.717) is 0 Å². The van der Waals surface area contributed by atoms with Crippen LogP contribution in [0.25, 0.3) is 22.3 Å². The van der Waals surface area contributed by atoms with E-state index in [4.69, 9.17) is 23.4 Å². The number of hydrogen-bond acceptors (Lipinski definition) is 18. The molecule has 2 saturated heterocycles. The molecule has 2 fully saturated rings. The van der Waals surface area contributed by atoms with Crippen LogP contribution in [0.4, 0.5) is 0 Å². The lowest BCUT2D eigenvalue weighted by molar-refractivity contribution is -0.277. The SMILES string of the molecule is O=c1c(O[C@@H]2O[C@H](CO)[C@@H](O)[C@H](O)[C@H]2O)c(-c2cc(O)c(O[C@@H]3O[C@@H](CO)[C@@H](O)[C@@H](O)[C@@H]3O)c(O)c2)oc2cc(O)cc(O)c12. The molecule has 0 unspecified atom stereocenters. The summed E-state index contributed by atoms with van der Waals surface area (Å²) in [6.45, 7) is -1.62. The first-order valence-electron chi connectivity index (χ1n) is 13.3. The number of benzene rings is 2. The molecule has 0 saturated carbocycles. The van der Waals surface area contributed by atoms with E-state index in [1.54, 1.807) is 0 Å². The van der Waals surface area contributed by atoms with Crippen LogP contribution >= 0.6 is 0 Å². The van der Waals surface area contributed by atoms with Gasteiger partial charge in [0, 0.05) is 17.7 Å². The fraction of sp³-hybridized carbons (Fsp3) is 0.444. The quantitative estimate of drug-likeness (QED) is 0.120. The summed E-state index contributed by atoms with van der Waals surface area (Å²) in [5, 5.41) is 121. The molecule has 18 nitrogen and oxygen atoms in total. The maximum atomic E-state index is 13.6. The summed E-state index contributed by atoms with van der Waals surface area (Å²) in [5.41, 5.74) is -1.86. The van der Waals surface area contributed by atoms with Gasteiger partial charge in [0.15, 0.2) is 17.3 Å². The summed E-state index contributed by atoms with van der Waals surface area (Å²) < 4.78 is 27.1. The fourth-order valence-electron chi connectivity index (χ4n) is 4.98. The Morgan fingerprint density at radius 3 is 1.60 bits per heavy atom. The molecule has 2 aliphatic rings. The Balaban J connectivity index is 1.59. The van der Waals surface area contributed by atoms with E-state index in [1.807, 2.05) is 0 Å². The van der Waals surface area contributed by atoms with Gasteiger partial charge in [-0.3, -0.25) is 4.79 Å². The fourth-order valence-corrected chi connectivity index (χ4v) is 4.98. The van der Waals surface area contributed by atoms with Crippen LogP contribution in [0, 0.1) is 0 Å². The van der Waals surface area contributed by atoms with E-state index in [9.17, 15) is 66.1 Å². The molecule has 2 aromatic carbocycles. The summed E-state index contributed by atoms with van der Waals surface area (Å²) in [5.74, 6) is -5.17. The zero-order valence-electron chi connectivity index (χ0n) is 22.8. The lowest BCUT2D eigenvalue weighted by Gasteiger charge is -2.39. The number of phenolic OH excluding ortho intramolecular Hbond substituents is 4. The zero-order chi connectivity index (χ0) is 32.9. The summed E-state index contributed by atoms with van der Waals surface area (Å²) in [6.07, 6.45) is -17.7. The first-order chi connectivity index (χ1) is 21.3. The van der Waals surface area contributed by atoms with Gasteiger partial charge in [0.05, 0.1) is 13.2 Å². The van der Waals surface area contributed by atoms with Crippen molar-refractivity contribution in [3.05, 3.63) is 34.5 Å². The third-order valence-electron chi connectivity index (χ3n) is 7.39.